The normalized spacial score (nSPS) is 19.2. The van der Waals surface area contributed by atoms with Crippen LogP contribution in [0.4, 0.5) is 0 Å². The van der Waals surface area contributed by atoms with E-state index >= 15 is 0 Å². The van der Waals surface area contributed by atoms with E-state index in [0.29, 0.717) is 11.0 Å². The van der Waals surface area contributed by atoms with Crippen LogP contribution in [-0.4, -0.2) is 17.1 Å². The Kier molecular flexibility index (Phi) is 7.18. The smallest absolute Gasteiger partial charge is 0.0464 e. The third-order valence-corrected chi connectivity index (χ3v) is 6.29. The van der Waals surface area contributed by atoms with Gasteiger partial charge in [0.2, 0.25) is 0 Å². The second kappa shape index (κ2) is 9.63. The Bertz CT molecular complexity index is 837. The van der Waals surface area contributed by atoms with Crippen LogP contribution in [0.15, 0.2) is 60.7 Å². The quantitative estimate of drug-likeness (QED) is 0.440. The molecule has 2 N–H and O–H groups in total. The first-order chi connectivity index (χ1) is 14.1. The molecule has 0 unspecified atom stereocenters. The molecular weight excluding hydrogens is 352 g/mol. The van der Waals surface area contributed by atoms with Gasteiger partial charge in [0, 0.05) is 28.7 Å². The van der Waals surface area contributed by atoms with Crippen LogP contribution in [0.2, 0.25) is 0 Å². The summed E-state index contributed by atoms with van der Waals surface area (Å²) in [6, 6.07) is 20.9. The van der Waals surface area contributed by atoms with Crippen molar-refractivity contribution in [1.29, 1.82) is 0 Å². The second-order valence-corrected chi connectivity index (χ2v) is 9.11. The molecule has 2 heterocycles. The topological polar surface area (TPSA) is 27.8 Å². The van der Waals surface area contributed by atoms with Crippen molar-refractivity contribution in [2.45, 2.75) is 71.8 Å². The molecule has 2 nitrogen and oxygen atoms in total. The molecule has 0 amide bonds. The van der Waals surface area contributed by atoms with Crippen LogP contribution in [0.3, 0.4) is 0 Å². The maximum absolute atomic E-state index is 3.66. The standard InChI is InChI=1S/C14H11N.C11H21N.C2H6/c1-2-6-11(7-3-1)14-10-12-8-4-5-9-13(12)15-14;1-10(2)8-11(9-12-10)6-4-3-5-7-11;1-2/h1-10,15H;12H,3-9H2,1-2H3;1-2H3. The zero-order valence-corrected chi connectivity index (χ0v) is 18.7. The zero-order valence-electron chi connectivity index (χ0n) is 18.7. The van der Waals surface area contributed by atoms with Crippen LogP contribution in [0.25, 0.3) is 22.2 Å². The van der Waals surface area contributed by atoms with E-state index in [1.807, 2.05) is 26.0 Å². The minimum atomic E-state index is 0.414. The molecule has 3 aromatic rings. The highest BCUT2D eigenvalue weighted by Crippen LogP contribution is 2.45. The van der Waals surface area contributed by atoms with Crippen molar-refractivity contribution in [1.82, 2.24) is 10.3 Å². The lowest BCUT2D eigenvalue weighted by molar-refractivity contribution is 0.204. The highest BCUT2D eigenvalue weighted by Gasteiger charge is 2.42. The third-order valence-electron chi connectivity index (χ3n) is 6.29. The molecule has 1 aliphatic carbocycles. The minimum Gasteiger partial charge on any atom is -0.355 e. The first-order valence-corrected chi connectivity index (χ1v) is 11.4. The first kappa shape index (κ1) is 21.6. The van der Waals surface area contributed by atoms with E-state index in [1.165, 1.54) is 67.2 Å². The fourth-order valence-electron chi connectivity index (χ4n) is 4.99. The predicted octanol–water partition coefficient (Wildman–Crippen LogP) is 7.57. The Morgan fingerprint density at radius 2 is 1.45 bits per heavy atom. The van der Waals surface area contributed by atoms with Gasteiger partial charge in [-0.3, -0.25) is 0 Å². The van der Waals surface area contributed by atoms with Crippen molar-refractivity contribution in [3.8, 4) is 11.3 Å². The summed E-state index contributed by atoms with van der Waals surface area (Å²) in [6.45, 7) is 9.96. The molecule has 2 fully saturated rings. The Balaban J connectivity index is 0.000000156. The van der Waals surface area contributed by atoms with E-state index in [0.717, 1.165) is 0 Å². The Morgan fingerprint density at radius 1 is 0.793 bits per heavy atom. The molecule has 1 aliphatic heterocycles. The maximum atomic E-state index is 3.66. The van der Waals surface area contributed by atoms with Crippen LogP contribution in [0, 0.1) is 5.41 Å². The number of benzene rings is 2. The van der Waals surface area contributed by atoms with Crippen molar-refractivity contribution in [2.24, 2.45) is 5.41 Å². The van der Waals surface area contributed by atoms with Crippen molar-refractivity contribution in [2.75, 3.05) is 6.54 Å². The summed E-state index contributed by atoms with van der Waals surface area (Å²) >= 11 is 0. The molecule has 1 aromatic heterocycles. The maximum Gasteiger partial charge on any atom is 0.0464 e. The van der Waals surface area contributed by atoms with Gasteiger partial charge in [0.05, 0.1) is 0 Å². The molecule has 0 radical (unpaired) electrons. The molecule has 1 saturated heterocycles. The van der Waals surface area contributed by atoms with Crippen molar-refractivity contribution in [3.63, 3.8) is 0 Å². The molecule has 2 aliphatic rings. The molecule has 1 spiro atoms. The lowest BCUT2D eigenvalue weighted by Crippen LogP contribution is -2.31. The second-order valence-electron chi connectivity index (χ2n) is 9.11. The van der Waals surface area contributed by atoms with Gasteiger partial charge in [0.1, 0.15) is 0 Å². The average molecular weight is 391 g/mol. The van der Waals surface area contributed by atoms with Crippen LogP contribution < -0.4 is 5.32 Å². The largest absolute Gasteiger partial charge is 0.355 e. The molecule has 0 bridgehead atoms. The van der Waals surface area contributed by atoms with Gasteiger partial charge in [-0.2, -0.15) is 0 Å². The van der Waals surface area contributed by atoms with Gasteiger partial charge in [-0.05, 0) is 56.2 Å². The average Bonchev–Trinajstić information content (AvgIpc) is 3.32. The van der Waals surface area contributed by atoms with E-state index in [9.17, 15) is 0 Å². The van der Waals surface area contributed by atoms with Crippen molar-refractivity contribution >= 4 is 10.9 Å². The Hall–Kier alpha value is -2.06. The summed E-state index contributed by atoms with van der Waals surface area (Å²) in [5.41, 5.74) is 4.71. The predicted molar refractivity (Wildman–Crippen MR) is 127 cm³/mol. The molecule has 29 heavy (non-hydrogen) atoms. The van der Waals surface area contributed by atoms with Crippen LogP contribution in [-0.2, 0) is 0 Å². The molecule has 2 heteroatoms. The molecule has 156 valence electrons. The van der Waals surface area contributed by atoms with Gasteiger partial charge in [0.25, 0.3) is 0 Å². The van der Waals surface area contributed by atoms with Crippen LogP contribution in [0.1, 0.15) is 66.2 Å². The van der Waals surface area contributed by atoms with Gasteiger partial charge in [-0.25, -0.2) is 0 Å². The summed E-state index contributed by atoms with van der Waals surface area (Å²) < 4.78 is 0. The van der Waals surface area contributed by atoms with Gasteiger partial charge >= 0.3 is 0 Å². The number of para-hydroxylation sites is 1. The van der Waals surface area contributed by atoms with Gasteiger partial charge in [-0.15, -0.1) is 0 Å². The number of hydrogen-bond donors (Lipinski definition) is 2. The SMILES string of the molecule is CC.CC1(C)CC2(CCCCC2)CN1.c1ccc(-c2cc3ccccc3[nH]2)cc1. The highest BCUT2D eigenvalue weighted by molar-refractivity contribution is 5.85. The minimum absolute atomic E-state index is 0.414. The molecule has 2 aromatic carbocycles. The summed E-state index contributed by atoms with van der Waals surface area (Å²) in [5.74, 6) is 0. The fourth-order valence-corrected chi connectivity index (χ4v) is 4.99. The molecule has 0 atom stereocenters. The van der Waals surface area contributed by atoms with Crippen molar-refractivity contribution in [3.05, 3.63) is 60.7 Å². The van der Waals surface area contributed by atoms with Crippen LogP contribution >= 0.6 is 0 Å². The summed E-state index contributed by atoms with van der Waals surface area (Å²) in [7, 11) is 0. The third kappa shape index (κ3) is 5.51. The number of nitrogens with one attached hydrogen (secondary N) is 2. The summed E-state index contributed by atoms with van der Waals surface area (Å²) in [6.07, 6.45) is 8.77. The van der Waals surface area contributed by atoms with E-state index < -0.39 is 0 Å². The highest BCUT2D eigenvalue weighted by atomic mass is 15.0. The number of aromatic nitrogens is 1. The fraction of sp³-hybridized carbons (Fsp3) is 0.481. The van der Waals surface area contributed by atoms with Gasteiger partial charge in [-0.1, -0.05) is 81.6 Å². The first-order valence-electron chi connectivity index (χ1n) is 11.4. The molecule has 5 rings (SSSR count). The molecule has 1 saturated carbocycles. The summed E-state index contributed by atoms with van der Waals surface area (Å²) in [4.78, 5) is 3.41. The van der Waals surface area contributed by atoms with E-state index in [1.54, 1.807) is 0 Å². The monoisotopic (exact) mass is 390 g/mol. The lowest BCUT2D eigenvalue weighted by atomic mass is 9.71. The van der Waals surface area contributed by atoms with Gasteiger partial charge < -0.3 is 10.3 Å². The number of H-pyrrole nitrogens is 1. The van der Waals surface area contributed by atoms with E-state index in [2.05, 4.69) is 72.7 Å². The number of rotatable bonds is 1. The van der Waals surface area contributed by atoms with E-state index in [4.69, 9.17) is 0 Å². The van der Waals surface area contributed by atoms with E-state index in [-0.39, 0.29) is 0 Å². The number of aromatic amines is 1. The summed E-state index contributed by atoms with van der Waals surface area (Å²) in [5, 5.41) is 4.92. The Labute approximate surface area is 177 Å². The van der Waals surface area contributed by atoms with Crippen LogP contribution in [0.5, 0.6) is 0 Å². The number of hydrogen-bond acceptors (Lipinski definition) is 1. The Morgan fingerprint density at radius 3 is 2.07 bits per heavy atom. The molecular formula is C27H38N2. The number of fused-ring (bicyclic) bond motifs is 1. The zero-order chi connectivity index (χ0) is 20.7. The lowest BCUT2D eigenvalue weighted by Gasteiger charge is -2.33. The van der Waals surface area contributed by atoms with Gasteiger partial charge in [0.15, 0.2) is 0 Å². The van der Waals surface area contributed by atoms with Crippen molar-refractivity contribution < 1.29 is 0 Å².